The van der Waals surface area contributed by atoms with Crippen molar-refractivity contribution < 1.29 is 84.8 Å². The maximum Gasteiger partial charge on any atom is 0.490 e. The molecule has 2 atom stereocenters. The minimum absolute atomic E-state index is 0.00471. The summed E-state index contributed by atoms with van der Waals surface area (Å²) in [4.78, 5) is 45.9. The molecule has 0 aromatic carbocycles. The Kier molecular flexibility index (Phi) is 74.2. The first-order valence-corrected chi connectivity index (χ1v) is 36.4. The fraction of sp³-hybridized carbons (Fsp3) is 0.889. The largest absolute Gasteiger partial charge is 0.490 e. The van der Waals surface area contributed by atoms with E-state index < -0.39 is 24.2 Å². The Hall–Kier alpha value is -3.21. The summed E-state index contributed by atoms with van der Waals surface area (Å²) in [6.07, 6.45) is 52.5. The summed E-state index contributed by atoms with van der Waals surface area (Å²) >= 11 is 0. The van der Waals surface area contributed by atoms with E-state index in [0.717, 1.165) is 44.9 Å². The van der Waals surface area contributed by atoms with Gasteiger partial charge in [0.25, 0.3) is 0 Å². The lowest BCUT2D eigenvalue weighted by molar-refractivity contribution is -0.192. The van der Waals surface area contributed by atoms with Crippen LogP contribution in [0.2, 0.25) is 0 Å². The second kappa shape index (κ2) is 75.2. The van der Waals surface area contributed by atoms with Gasteiger partial charge in [0.05, 0.1) is 72.6 Å². The summed E-state index contributed by atoms with van der Waals surface area (Å²) in [5, 5.41) is 12.9. The average Bonchev–Trinajstić information content (AvgIpc) is 2.87. The summed E-state index contributed by atoms with van der Waals surface area (Å²) in [7, 11) is 1.59. The second-order valence-electron chi connectivity index (χ2n) is 23.8. The molecule has 0 aliphatic rings. The summed E-state index contributed by atoms with van der Waals surface area (Å²) in [5.74, 6) is -3.93. The van der Waals surface area contributed by atoms with Gasteiger partial charge >= 0.3 is 30.1 Å². The van der Waals surface area contributed by atoms with Crippen LogP contribution in [0.3, 0.4) is 0 Å². The Morgan fingerprint density at radius 1 is 0.391 bits per heavy atom. The Morgan fingerprint density at radius 3 is 1.15 bits per heavy atom. The Bertz CT molecular complexity index is 1630. The summed E-state index contributed by atoms with van der Waals surface area (Å²) < 4.78 is 88.6. The number of carboxylic acid groups (broad SMARTS) is 1. The number of carboxylic acids is 1. The number of alkyl halides is 3. The van der Waals surface area contributed by atoms with Crippen LogP contribution >= 0.6 is 0 Å². The third-order valence-electron chi connectivity index (χ3n) is 15.2. The van der Waals surface area contributed by atoms with Gasteiger partial charge in [-0.1, -0.05) is 218 Å². The van der Waals surface area contributed by atoms with E-state index in [4.69, 9.17) is 57.3 Å². The zero-order valence-electron chi connectivity index (χ0n) is 58.6. The summed E-state index contributed by atoms with van der Waals surface area (Å²) in [6.45, 7) is 12.5. The number of hydrogen-bond acceptors (Lipinski definition) is 16. The molecule has 0 amide bonds. The molecular weight excluding hydrogens is 1190 g/mol. The number of nitrogens with one attached hydrogen (secondary N) is 2. The van der Waals surface area contributed by atoms with E-state index in [1.165, 1.54) is 205 Å². The van der Waals surface area contributed by atoms with Crippen molar-refractivity contribution in [1.29, 1.82) is 0 Å². The number of hydrogen-bond donors (Lipinski definition) is 3. The van der Waals surface area contributed by atoms with E-state index in [9.17, 15) is 27.6 Å². The predicted molar refractivity (Wildman–Crippen MR) is 362 cm³/mol. The number of carbonyl (C=O) groups excluding carboxylic acids is 3. The Morgan fingerprint density at radius 2 is 0.739 bits per heavy atom. The van der Waals surface area contributed by atoms with Gasteiger partial charge in [0.1, 0.15) is 32.0 Å². The van der Waals surface area contributed by atoms with Crippen LogP contribution in [0.4, 0.5) is 13.2 Å². The van der Waals surface area contributed by atoms with Crippen LogP contribution in [0.25, 0.3) is 0 Å². The first-order valence-electron chi connectivity index (χ1n) is 36.4. The van der Waals surface area contributed by atoms with E-state index >= 15 is 0 Å². The fourth-order valence-corrected chi connectivity index (χ4v) is 9.78. The number of halogens is 3. The van der Waals surface area contributed by atoms with E-state index in [-0.39, 0.29) is 64.2 Å². The van der Waals surface area contributed by atoms with Crippen molar-refractivity contribution in [2.75, 3.05) is 126 Å². The molecule has 0 saturated carbocycles. The van der Waals surface area contributed by atoms with Gasteiger partial charge < -0.3 is 63.1 Å². The van der Waals surface area contributed by atoms with Crippen LogP contribution in [0.15, 0.2) is 24.3 Å². The highest BCUT2D eigenvalue weighted by Crippen LogP contribution is 2.20. The number of unbranched alkanes of at least 4 members (excludes halogenated alkanes) is 33. The van der Waals surface area contributed by atoms with Crippen LogP contribution in [0.5, 0.6) is 0 Å². The number of rotatable bonds is 72. The molecule has 20 heteroatoms. The van der Waals surface area contributed by atoms with Crippen LogP contribution < -0.4 is 10.6 Å². The van der Waals surface area contributed by atoms with E-state index in [2.05, 4.69) is 55.7 Å². The highest BCUT2D eigenvalue weighted by atomic mass is 19.4. The zero-order valence-corrected chi connectivity index (χ0v) is 58.6. The molecule has 544 valence electrons. The van der Waals surface area contributed by atoms with Gasteiger partial charge in [0, 0.05) is 33.4 Å². The number of esters is 3. The van der Waals surface area contributed by atoms with Crippen molar-refractivity contribution >= 4 is 23.9 Å². The zero-order chi connectivity index (χ0) is 67.6. The maximum atomic E-state index is 13.4. The fourth-order valence-electron chi connectivity index (χ4n) is 9.78. The number of carbonyl (C=O) groups is 4. The van der Waals surface area contributed by atoms with Crippen molar-refractivity contribution in [3.8, 4) is 0 Å². The van der Waals surface area contributed by atoms with Gasteiger partial charge in [-0.2, -0.15) is 13.2 Å². The van der Waals surface area contributed by atoms with Gasteiger partial charge in [-0.25, -0.2) is 9.59 Å². The minimum Gasteiger partial charge on any atom is -0.475 e. The molecule has 0 aromatic heterocycles. The quantitative estimate of drug-likeness (QED) is 0.0224. The molecule has 0 spiro atoms. The lowest BCUT2D eigenvalue weighted by Gasteiger charge is -2.27. The summed E-state index contributed by atoms with van der Waals surface area (Å²) in [5.41, 5.74) is 0. The molecule has 0 radical (unpaired) electrons. The first kappa shape index (κ1) is 90.8. The average molecular weight is 1330 g/mol. The lowest BCUT2D eigenvalue weighted by Crippen LogP contribution is -2.38. The first-order chi connectivity index (χ1) is 44.9. The molecule has 0 rings (SSSR count). The molecule has 17 nitrogen and oxygen atoms in total. The number of ether oxygens (including phenoxy) is 10. The molecule has 0 bridgehead atoms. The molecule has 0 aromatic rings. The maximum absolute atomic E-state index is 13.4. The molecule has 0 aliphatic carbocycles. The Balaban J connectivity index is 0. The predicted octanol–water partition coefficient (Wildman–Crippen LogP) is 16.3. The third-order valence-corrected chi connectivity index (χ3v) is 15.2. The molecule has 3 N–H and O–H groups in total. The van der Waals surface area contributed by atoms with Crippen LogP contribution in [0, 0.1) is 0 Å². The van der Waals surface area contributed by atoms with E-state index in [0.29, 0.717) is 72.6 Å². The molecule has 0 saturated heterocycles. The van der Waals surface area contributed by atoms with Gasteiger partial charge in [-0.05, 0) is 77.0 Å². The minimum atomic E-state index is -5.08. The number of allylic oxidation sites excluding steroid dienone is 4. The van der Waals surface area contributed by atoms with Crippen molar-refractivity contribution in [3.63, 3.8) is 0 Å². The molecular formula is C72H135F3N2O15. The molecule has 0 heterocycles. The van der Waals surface area contributed by atoms with E-state index in [1.54, 1.807) is 7.11 Å². The number of aliphatic carboxylic acids is 1. The SMILES string of the molecule is CCCCCCCC/C=C\CCCCCCCCOCC(OCCCCCCCC/C=C\CCCCCCCC)C(CCCCCCCCCCCC)OC(=O)COCCOCCOCCOCCOC(=O)CNCCOC(=O)CNCCOC.O=C(O)C(F)(F)F. The van der Waals surface area contributed by atoms with Crippen LogP contribution in [-0.4, -0.2) is 173 Å². The van der Waals surface area contributed by atoms with Gasteiger partial charge in [0.15, 0.2) is 0 Å². The smallest absolute Gasteiger partial charge is 0.475 e. The second-order valence-corrected chi connectivity index (χ2v) is 23.8. The highest BCUT2D eigenvalue weighted by molar-refractivity contribution is 5.73. The lowest BCUT2D eigenvalue weighted by atomic mass is 10.0. The molecule has 2 unspecified atom stereocenters. The standard InChI is InChI=1S/C70H134N2O13.C2HF3O2/c1-5-8-11-14-17-20-23-25-27-29-31-33-36-39-42-45-50-80-64-67(82-51-46-43-40-37-34-32-30-28-26-24-21-18-15-12-9-6-2)66(47-44-41-38-35-22-19-16-13-10-7-3)85-70(75)65-81-59-58-78-55-54-77-56-57-79-60-61-84-69(74)63-72-49-53-83-68(73)62-71-48-52-76-4;3-2(4,5)1(6)7/h25-28,66-67,71-72H,5-24,29-65H2,1-4H3;(H,6,7)/b27-25-,28-26-;. The molecule has 0 aliphatic heterocycles. The van der Waals surface area contributed by atoms with Crippen molar-refractivity contribution in [2.45, 2.75) is 290 Å². The van der Waals surface area contributed by atoms with Gasteiger partial charge in [-0.3, -0.25) is 9.59 Å². The molecule has 0 fully saturated rings. The third kappa shape index (κ3) is 74.2. The Labute approximate surface area is 556 Å². The highest BCUT2D eigenvalue weighted by Gasteiger charge is 2.38. The van der Waals surface area contributed by atoms with E-state index in [1.807, 2.05) is 0 Å². The van der Waals surface area contributed by atoms with Gasteiger partial charge in [-0.15, -0.1) is 0 Å². The topological polar surface area (TPSA) is 205 Å². The van der Waals surface area contributed by atoms with Crippen molar-refractivity contribution in [1.82, 2.24) is 10.6 Å². The van der Waals surface area contributed by atoms with Crippen LogP contribution in [0.1, 0.15) is 271 Å². The number of methoxy groups -OCH3 is 1. The normalized spacial score (nSPS) is 12.4. The monoisotopic (exact) mass is 1320 g/mol. The molecule has 92 heavy (non-hydrogen) atoms. The van der Waals surface area contributed by atoms with Crippen molar-refractivity contribution in [3.05, 3.63) is 24.3 Å². The van der Waals surface area contributed by atoms with Crippen LogP contribution in [-0.2, 0) is 66.5 Å². The van der Waals surface area contributed by atoms with Crippen molar-refractivity contribution in [2.24, 2.45) is 0 Å². The van der Waals surface area contributed by atoms with Gasteiger partial charge in [0.2, 0.25) is 0 Å². The summed E-state index contributed by atoms with van der Waals surface area (Å²) in [6, 6.07) is 0.